The summed E-state index contributed by atoms with van der Waals surface area (Å²) in [6, 6.07) is 10.9. The second-order valence-electron chi connectivity index (χ2n) is 5.28. The van der Waals surface area contributed by atoms with Crippen LogP contribution >= 0.6 is 0 Å². The van der Waals surface area contributed by atoms with Crippen molar-refractivity contribution < 1.29 is 14.2 Å². The molecule has 25 heavy (non-hydrogen) atoms. The second-order valence-corrected chi connectivity index (χ2v) is 5.28. The van der Waals surface area contributed by atoms with E-state index in [9.17, 15) is 4.79 Å². The monoisotopic (exact) mass is 338 g/mol. The molecule has 1 heterocycles. The Bertz CT molecular complexity index is 975. The fourth-order valence-corrected chi connectivity index (χ4v) is 2.48. The quantitative estimate of drug-likeness (QED) is 0.774. The normalized spacial score (nSPS) is 11.0. The van der Waals surface area contributed by atoms with Crippen LogP contribution in [0.15, 0.2) is 41.2 Å². The smallest absolute Gasteiger partial charge is 0.262 e. The van der Waals surface area contributed by atoms with Crippen molar-refractivity contribution in [3.8, 4) is 17.2 Å². The van der Waals surface area contributed by atoms with Gasteiger partial charge in [0.1, 0.15) is 28.5 Å². The first-order valence-corrected chi connectivity index (χ1v) is 7.63. The Morgan fingerprint density at radius 2 is 1.64 bits per heavy atom. The molecule has 1 N–H and O–H groups in total. The number of methoxy groups -OCH3 is 3. The van der Waals surface area contributed by atoms with E-state index >= 15 is 0 Å². The van der Waals surface area contributed by atoms with Crippen molar-refractivity contribution in [1.82, 2.24) is 9.97 Å². The Hall–Kier alpha value is -3.28. The molecule has 0 fully saturated rings. The highest BCUT2D eigenvalue weighted by molar-refractivity contribution is 5.86. The van der Waals surface area contributed by atoms with Crippen molar-refractivity contribution in [1.29, 1.82) is 0 Å². The lowest BCUT2D eigenvalue weighted by molar-refractivity contribution is 0.397. The maximum Gasteiger partial charge on any atom is 0.262 e. The van der Waals surface area contributed by atoms with E-state index in [4.69, 9.17) is 14.2 Å². The highest BCUT2D eigenvalue weighted by atomic mass is 16.5. The number of aromatic nitrogens is 2. The van der Waals surface area contributed by atoms with Gasteiger partial charge in [0.2, 0.25) is 0 Å². The topological polar surface area (TPSA) is 73.4 Å². The first kappa shape index (κ1) is 16.6. The number of benzene rings is 2. The van der Waals surface area contributed by atoms with E-state index in [1.807, 2.05) is 30.3 Å². The van der Waals surface area contributed by atoms with Gasteiger partial charge in [-0.3, -0.25) is 4.79 Å². The first-order chi connectivity index (χ1) is 12.1. The molecule has 3 aromatic rings. The van der Waals surface area contributed by atoms with Crippen LogP contribution in [-0.2, 0) is 0 Å². The van der Waals surface area contributed by atoms with Gasteiger partial charge in [-0.1, -0.05) is 18.2 Å². The lowest BCUT2D eigenvalue weighted by atomic mass is 10.2. The Morgan fingerprint density at radius 1 is 0.920 bits per heavy atom. The summed E-state index contributed by atoms with van der Waals surface area (Å²) >= 11 is 0. The number of nitrogens with one attached hydrogen (secondary N) is 1. The van der Waals surface area contributed by atoms with Gasteiger partial charge in [0, 0.05) is 12.1 Å². The van der Waals surface area contributed by atoms with E-state index in [0.717, 1.165) is 11.3 Å². The van der Waals surface area contributed by atoms with Crippen molar-refractivity contribution in [2.45, 2.75) is 0 Å². The van der Waals surface area contributed by atoms with E-state index in [1.54, 1.807) is 32.4 Å². The standard InChI is InChI=1S/C19H18N2O4/c1-23-13-7-4-12(5-8-13)6-9-17-20-15-10-14(24-2)11-16(25-3)18(15)19(22)21-17/h4-11H,1-3H3,(H,20,21,22)/b9-6+. The molecule has 0 saturated carbocycles. The van der Waals surface area contributed by atoms with Crippen LogP contribution in [0.25, 0.3) is 23.1 Å². The van der Waals surface area contributed by atoms with Crippen LogP contribution in [0.2, 0.25) is 0 Å². The molecule has 0 unspecified atom stereocenters. The van der Waals surface area contributed by atoms with Gasteiger partial charge in [0.05, 0.1) is 26.8 Å². The van der Waals surface area contributed by atoms with Crippen LogP contribution in [0.5, 0.6) is 17.2 Å². The lowest BCUT2D eigenvalue weighted by Gasteiger charge is -2.08. The third-order valence-electron chi connectivity index (χ3n) is 3.77. The molecule has 0 aliphatic carbocycles. The van der Waals surface area contributed by atoms with Gasteiger partial charge >= 0.3 is 0 Å². The third kappa shape index (κ3) is 3.47. The molecule has 2 aromatic carbocycles. The van der Waals surface area contributed by atoms with Crippen molar-refractivity contribution in [2.75, 3.05) is 21.3 Å². The summed E-state index contributed by atoms with van der Waals surface area (Å²) in [5, 5.41) is 0.393. The molecule has 0 aliphatic heterocycles. The Labute approximate surface area is 144 Å². The van der Waals surface area contributed by atoms with Crippen molar-refractivity contribution >= 4 is 23.1 Å². The number of hydrogen-bond donors (Lipinski definition) is 1. The number of hydrogen-bond acceptors (Lipinski definition) is 5. The molecule has 0 atom stereocenters. The molecular weight excluding hydrogens is 320 g/mol. The summed E-state index contributed by atoms with van der Waals surface area (Å²) < 4.78 is 15.6. The Balaban J connectivity index is 2.02. The van der Waals surface area contributed by atoms with Crippen LogP contribution in [0.4, 0.5) is 0 Å². The molecule has 0 amide bonds. The molecule has 3 rings (SSSR count). The first-order valence-electron chi connectivity index (χ1n) is 7.63. The molecule has 0 bridgehead atoms. The second kappa shape index (κ2) is 7.09. The number of nitrogens with zero attached hydrogens (tertiary/aromatic N) is 1. The van der Waals surface area contributed by atoms with Gasteiger partial charge in [0.15, 0.2) is 0 Å². The zero-order valence-electron chi connectivity index (χ0n) is 14.2. The van der Waals surface area contributed by atoms with Crippen LogP contribution in [0, 0.1) is 0 Å². The molecule has 0 radical (unpaired) electrons. The number of fused-ring (bicyclic) bond motifs is 1. The summed E-state index contributed by atoms with van der Waals surface area (Å²) in [6.07, 6.45) is 3.61. The fraction of sp³-hybridized carbons (Fsp3) is 0.158. The zero-order valence-corrected chi connectivity index (χ0v) is 14.2. The highest BCUT2D eigenvalue weighted by Crippen LogP contribution is 2.27. The van der Waals surface area contributed by atoms with E-state index < -0.39 is 0 Å². The minimum atomic E-state index is -0.265. The SMILES string of the molecule is COc1ccc(/C=C/c2nc3cc(OC)cc(OC)c3c(=O)[nH]2)cc1. The van der Waals surface area contributed by atoms with Gasteiger partial charge in [-0.2, -0.15) is 0 Å². The van der Waals surface area contributed by atoms with E-state index in [-0.39, 0.29) is 5.56 Å². The molecule has 0 aliphatic rings. The molecule has 0 saturated heterocycles. The average Bonchev–Trinajstić information content (AvgIpc) is 2.65. The minimum absolute atomic E-state index is 0.265. The number of aromatic amines is 1. The van der Waals surface area contributed by atoms with E-state index in [2.05, 4.69) is 9.97 Å². The molecule has 6 nitrogen and oxygen atoms in total. The van der Waals surface area contributed by atoms with Gasteiger partial charge < -0.3 is 19.2 Å². The van der Waals surface area contributed by atoms with Gasteiger partial charge in [-0.05, 0) is 23.8 Å². The van der Waals surface area contributed by atoms with Crippen LogP contribution in [-0.4, -0.2) is 31.3 Å². The predicted molar refractivity (Wildman–Crippen MR) is 97.4 cm³/mol. The number of rotatable bonds is 5. The average molecular weight is 338 g/mol. The van der Waals surface area contributed by atoms with Gasteiger partial charge in [0.25, 0.3) is 5.56 Å². The third-order valence-corrected chi connectivity index (χ3v) is 3.77. The zero-order chi connectivity index (χ0) is 17.8. The Morgan fingerprint density at radius 3 is 2.28 bits per heavy atom. The Kier molecular flexibility index (Phi) is 4.70. The summed E-state index contributed by atoms with van der Waals surface area (Å²) in [5.41, 5.74) is 1.21. The molecule has 6 heteroatoms. The fourth-order valence-electron chi connectivity index (χ4n) is 2.48. The van der Waals surface area contributed by atoms with Crippen LogP contribution in [0.3, 0.4) is 0 Å². The van der Waals surface area contributed by atoms with E-state index in [0.29, 0.717) is 28.2 Å². The van der Waals surface area contributed by atoms with Gasteiger partial charge in [-0.25, -0.2) is 4.98 Å². The number of H-pyrrole nitrogens is 1. The summed E-state index contributed by atoms with van der Waals surface area (Å²) in [6.45, 7) is 0. The van der Waals surface area contributed by atoms with Crippen molar-refractivity contribution in [3.63, 3.8) is 0 Å². The van der Waals surface area contributed by atoms with Crippen molar-refractivity contribution in [2.24, 2.45) is 0 Å². The highest BCUT2D eigenvalue weighted by Gasteiger charge is 2.11. The maximum absolute atomic E-state index is 12.4. The maximum atomic E-state index is 12.4. The molecule has 0 spiro atoms. The van der Waals surface area contributed by atoms with E-state index in [1.165, 1.54) is 7.11 Å². The molecule has 128 valence electrons. The largest absolute Gasteiger partial charge is 0.497 e. The minimum Gasteiger partial charge on any atom is -0.497 e. The number of ether oxygens (including phenoxy) is 3. The van der Waals surface area contributed by atoms with Crippen molar-refractivity contribution in [3.05, 3.63) is 58.1 Å². The van der Waals surface area contributed by atoms with Crippen LogP contribution in [0.1, 0.15) is 11.4 Å². The summed E-state index contributed by atoms with van der Waals surface area (Å²) in [4.78, 5) is 19.6. The van der Waals surface area contributed by atoms with Crippen LogP contribution < -0.4 is 19.8 Å². The predicted octanol–water partition coefficient (Wildman–Crippen LogP) is 3.12. The molecular formula is C19H18N2O4. The summed E-state index contributed by atoms with van der Waals surface area (Å²) in [5.74, 6) is 2.23. The molecule has 1 aromatic heterocycles. The van der Waals surface area contributed by atoms with Gasteiger partial charge in [-0.15, -0.1) is 0 Å². The lowest BCUT2D eigenvalue weighted by Crippen LogP contribution is -2.11. The summed E-state index contributed by atoms with van der Waals surface area (Å²) in [7, 11) is 4.68.